The predicted molar refractivity (Wildman–Crippen MR) is 72.1 cm³/mol. The fourth-order valence-electron chi connectivity index (χ4n) is 1.82. The van der Waals surface area contributed by atoms with E-state index in [1.165, 1.54) is 0 Å². The van der Waals surface area contributed by atoms with Crippen LogP contribution in [0.2, 0.25) is 0 Å². The first-order valence-corrected chi connectivity index (χ1v) is 6.42. The molecule has 3 rings (SSSR count). The molecule has 2 aromatic rings. The Morgan fingerprint density at radius 1 is 1.39 bits per heavy atom. The third kappa shape index (κ3) is 2.07. The fourth-order valence-corrected chi connectivity index (χ4v) is 2.37. The Labute approximate surface area is 117 Å². The van der Waals surface area contributed by atoms with Crippen molar-refractivity contribution in [3.05, 3.63) is 39.0 Å². The second-order valence-corrected chi connectivity index (χ2v) is 4.89. The van der Waals surface area contributed by atoms with Gasteiger partial charge in [-0.15, -0.1) is 0 Å². The van der Waals surface area contributed by atoms with Crippen LogP contribution in [0.5, 0.6) is 11.5 Å². The average Bonchev–Trinajstić information content (AvgIpc) is 2.95. The van der Waals surface area contributed by atoms with Crippen molar-refractivity contribution < 1.29 is 14.3 Å². The van der Waals surface area contributed by atoms with Gasteiger partial charge < -0.3 is 14.5 Å². The van der Waals surface area contributed by atoms with Crippen LogP contribution in [0, 0.1) is 3.70 Å². The summed E-state index contributed by atoms with van der Waals surface area (Å²) in [7, 11) is 0. The minimum atomic E-state index is 0.271. The van der Waals surface area contributed by atoms with Crippen LogP contribution < -0.4 is 9.47 Å². The van der Waals surface area contributed by atoms with Crippen LogP contribution in [-0.2, 0) is 6.42 Å². The van der Waals surface area contributed by atoms with E-state index >= 15 is 0 Å². The average molecular weight is 356 g/mol. The Morgan fingerprint density at radius 2 is 2.22 bits per heavy atom. The number of aldehydes is 1. The molecule has 1 aromatic heterocycles. The minimum Gasteiger partial charge on any atom is -0.454 e. The number of rotatable bonds is 3. The van der Waals surface area contributed by atoms with Gasteiger partial charge in [0.05, 0.1) is 0 Å². The highest BCUT2D eigenvalue weighted by molar-refractivity contribution is 14.1. The van der Waals surface area contributed by atoms with E-state index in [2.05, 4.69) is 9.97 Å². The van der Waals surface area contributed by atoms with Gasteiger partial charge in [-0.3, -0.25) is 4.79 Å². The molecule has 0 atom stereocenters. The summed E-state index contributed by atoms with van der Waals surface area (Å²) in [5, 5.41) is 0. The van der Waals surface area contributed by atoms with Gasteiger partial charge in [0.15, 0.2) is 17.8 Å². The Balaban J connectivity index is 1.85. The van der Waals surface area contributed by atoms with E-state index in [0.717, 1.165) is 29.2 Å². The van der Waals surface area contributed by atoms with Crippen molar-refractivity contribution in [3.8, 4) is 11.5 Å². The summed E-state index contributed by atoms with van der Waals surface area (Å²) < 4.78 is 11.3. The van der Waals surface area contributed by atoms with Crippen LogP contribution in [0.15, 0.2) is 18.2 Å². The number of aromatic nitrogens is 2. The number of nitrogens with one attached hydrogen (secondary N) is 1. The van der Waals surface area contributed by atoms with Gasteiger partial charge in [-0.05, 0) is 40.3 Å². The number of benzene rings is 1. The molecule has 1 aliphatic heterocycles. The monoisotopic (exact) mass is 356 g/mol. The van der Waals surface area contributed by atoms with Crippen molar-refractivity contribution in [2.24, 2.45) is 0 Å². The first-order chi connectivity index (χ1) is 8.76. The SMILES string of the molecule is O=Cc1[nH]c(Cc2ccc3c(c2)OCO3)nc1I. The Bertz CT molecular complexity index is 609. The third-order valence-corrected chi connectivity index (χ3v) is 3.48. The van der Waals surface area contributed by atoms with Crippen molar-refractivity contribution >= 4 is 28.9 Å². The first kappa shape index (κ1) is 11.5. The summed E-state index contributed by atoms with van der Waals surface area (Å²) in [6.45, 7) is 0.271. The predicted octanol–water partition coefficient (Wildman–Crippen LogP) is 2.15. The largest absolute Gasteiger partial charge is 0.454 e. The summed E-state index contributed by atoms with van der Waals surface area (Å²) in [6.07, 6.45) is 1.40. The molecule has 0 spiro atoms. The third-order valence-electron chi connectivity index (χ3n) is 2.66. The number of fused-ring (bicyclic) bond motifs is 1. The van der Waals surface area contributed by atoms with Crippen molar-refractivity contribution in [1.82, 2.24) is 9.97 Å². The number of carbonyl (C=O) groups is 1. The summed E-state index contributed by atoms with van der Waals surface area (Å²) in [5.74, 6) is 2.28. The highest BCUT2D eigenvalue weighted by atomic mass is 127. The van der Waals surface area contributed by atoms with E-state index < -0.39 is 0 Å². The van der Waals surface area contributed by atoms with E-state index in [1.54, 1.807) is 0 Å². The molecule has 0 bridgehead atoms. The Morgan fingerprint density at radius 3 is 3.00 bits per heavy atom. The van der Waals surface area contributed by atoms with Crippen LogP contribution in [-0.4, -0.2) is 23.0 Å². The van der Waals surface area contributed by atoms with Gasteiger partial charge in [-0.25, -0.2) is 4.98 Å². The molecule has 5 nitrogen and oxygen atoms in total. The molecule has 0 saturated heterocycles. The van der Waals surface area contributed by atoms with Crippen LogP contribution in [0.25, 0.3) is 0 Å². The number of nitrogens with zero attached hydrogens (tertiary/aromatic N) is 1. The molecule has 0 fully saturated rings. The molecule has 0 aliphatic carbocycles. The number of H-pyrrole nitrogens is 1. The van der Waals surface area contributed by atoms with Gasteiger partial charge >= 0.3 is 0 Å². The molecule has 1 aromatic carbocycles. The van der Waals surface area contributed by atoms with Gasteiger partial charge in [0.1, 0.15) is 15.2 Å². The second kappa shape index (κ2) is 4.60. The van der Waals surface area contributed by atoms with Gasteiger partial charge in [0.25, 0.3) is 0 Å². The summed E-state index contributed by atoms with van der Waals surface area (Å²) >= 11 is 2.04. The zero-order chi connectivity index (χ0) is 12.5. The number of aromatic amines is 1. The molecule has 1 aliphatic rings. The maximum absolute atomic E-state index is 10.7. The number of ether oxygens (including phenoxy) is 2. The highest BCUT2D eigenvalue weighted by Gasteiger charge is 2.14. The Hall–Kier alpha value is -1.57. The molecule has 6 heteroatoms. The number of imidazole rings is 1. The van der Waals surface area contributed by atoms with Crippen molar-refractivity contribution in [1.29, 1.82) is 0 Å². The molecular weight excluding hydrogens is 347 g/mol. The number of carbonyl (C=O) groups excluding carboxylic acids is 1. The van der Waals surface area contributed by atoms with Gasteiger partial charge in [-0.1, -0.05) is 6.07 Å². The second-order valence-electron chi connectivity index (χ2n) is 3.87. The molecule has 0 radical (unpaired) electrons. The van der Waals surface area contributed by atoms with Crippen LogP contribution in [0.4, 0.5) is 0 Å². The molecule has 1 N–H and O–H groups in total. The molecular formula is C12H9IN2O3. The Kier molecular flexibility index (Phi) is 2.94. The normalized spacial score (nSPS) is 12.7. The lowest BCUT2D eigenvalue weighted by molar-refractivity contribution is 0.111. The van der Waals surface area contributed by atoms with Gasteiger partial charge in [0.2, 0.25) is 6.79 Å². The van der Waals surface area contributed by atoms with E-state index in [0.29, 0.717) is 15.8 Å². The lowest BCUT2D eigenvalue weighted by atomic mass is 10.1. The number of halogens is 1. The maximum Gasteiger partial charge on any atom is 0.231 e. The molecule has 0 amide bonds. The maximum atomic E-state index is 10.7. The van der Waals surface area contributed by atoms with E-state index in [4.69, 9.17) is 9.47 Å². The van der Waals surface area contributed by atoms with Crippen LogP contribution >= 0.6 is 22.6 Å². The highest BCUT2D eigenvalue weighted by Crippen LogP contribution is 2.32. The first-order valence-electron chi connectivity index (χ1n) is 5.34. The summed E-state index contributed by atoms with van der Waals surface area (Å²) in [5.41, 5.74) is 1.58. The summed E-state index contributed by atoms with van der Waals surface area (Å²) in [6, 6.07) is 5.77. The number of hydrogen-bond acceptors (Lipinski definition) is 4. The van der Waals surface area contributed by atoms with Crippen LogP contribution in [0.3, 0.4) is 0 Å². The molecule has 0 unspecified atom stereocenters. The zero-order valence-electron chi connectivity index (χ0n) is 9.27. The molecule has 18 heavy (non-hydrogen) atoms. The quantitative estimate of drug-likeness (QED) is 0.676. The topological polar surface area (TPSA) is 64.2 Å². The van der Waals surface area contributed by atoms with E-state index in [1.807, 2.05) is 40.8 Å². The van der Waals surface area contributed by atoms with Crippen LogP contribution in [0.1, 0.15) is 21.9 Å². The van der Waals surface area contributed by atoms with Crippen molar-refractivity contribution in [2.75, 3.05) is 6.79 Å². The van der Waals surface area contributed by atoms with E-state index in [9.17, 15) is 4.79 Å². The lowest BCUT2D eigenvalue weighted by Crippen LogP contribution is -1.93. The zero-order valence-corrected chi connectivity index (χ0v) is 11.4. The van der Waals surface area contributed by atoms with Crippen molar-refractivity contribution in [2.45, 2.75) is 6.42 Å². The molecule has 92 valence electrons. The standard InChI is InChI=1S/C12H9IN2O3/c13-12-8(5-16)14-11(15-12)4-7-1-2-9-10(3-7)18-6-17-9/h1-3,5H,4,6H2,(H,14,15). The fraction of sp³-hybridized carbons (Fsp3) is 0.167. The van der Waals surface area contributed by atoms with Crippen molar-refractivity contribution in [3.63, 3.8) is 0 Å². The lowest BCUT2D eigenvalue weighted by Gasteiger charge is -2.00. The molecule has 2 heterocycles. The minimum absolute atomic E-state index is 0.271. The van der Waals surface area contributed by atoms with Gasteiger partial charge in [0, 0.05) is 6.42 Å². The summed E-state index contributed by atoms with van der Waals surface area (Å²) in [4.78, 5) is 18.0. The number of hydrogen-bond donors (Lipinski definition) is 1. The molecule has 0 saturated carbocycles. The van der Waals surface area contributed by atoms with Gasteiger partial charge in [-0.2, -0.15) is 0 Å². The van der Waals surface area contributed by atoms with E-state index in [-0.39, 0.29) is 6.79 Å². The smallest absolute Gasteiger partial charge is 0.231 e.